The van der Waals surface area contributed by atoms with E-state index >= 15 is 0 Å². The summed E-state index contributed by atoms with van der Waals surface area (Å²) in [4.78, 5) is 11.8. The van der Waals surface area contributed by atoms with Crippen molar-refractivity contribution in [2.24, 2.45) is 0 Å². The van der Waals surface area contributed by atoms with Crippen LogP contribution in [0.4, 0.5) is 14.5 Å². The van der Waals surface area contributed by atoms with Crippen molar-refractivity contribution in [1.82, 2.24) is 0 Å². The average Bonchev–Trinajstić information content (AvgIpc) is 2.48. The van der Waals surface area contributed by atoms with Crippen LogP contribution in [0.15, 0.2) is 42.5 Å². The van der Waals surface area contributed by atoms with E-state index in [9.17, 15) is 13.6 Å². The van der Waals surface area contributed by atoms with Crippen molar-refractivity contribution in [2.45, 2.75) is 26.2 Å². The molecule has 0 aliphatic rings. The van der Waals surface area contributed by atoms with Gasteiger partial charge in [0.1, 0.15) is 23.1 Å². The number of para-hydroxylation sites is 1. The Labute approximate surface area is 134 Å². The maximum absolute atomic E-state index is 13.5. The predicted octanol–water partition coefficient (Wildman–Crippen LogP) is 4.28. The third-order valence-corrected chi connectivity index (χ3v) is 3.30. The highest BCUT2D eigenvalue weighted by Crippen LogP contribution is 2.25. The van der Waals surface area contributed by atoms with Crippen molar-refractivity contribution < 1.29 is 18.3 Å². The number of benzene rings is 2. The lowest BCUT2D eigenvalue weighted by molar-refractivity contribution is -0.118. The molecule has 2 aromatic rings. The summed E-state index contributed by atoms with van der Waals surface area (Å²) in [7, 11) is 0. The van der Waals surface area contributed by atoms with Gasteiger partial charge in [-0.25, -0.2) is 8.78 Å². The fourth-order valence-corrected chi connectivity index (χ4v) is 1.99. The summed E-state index contributed by atoms with van der Waals surface area (Å²) < 4.78 is 32.3. The number of amides is 1. The summed E-state index contributed by atoms with van der Waals surface area (Å²) in [5.41, 5.74) is 0.554. The standard InChI is InChI=1S/C18H19F2NO2/c1-18(2,3)12-6-4-7-13(10-12)23-11-16(22)21-17-14(19)8-5-9-15(17)20/h4-10H,11H2,1-3H3,(H,21,22). The first-order valence-corrected chi connectivity index (χ1v) is 7.24. The Bertz CT molecular complexity index is 688. The van der Waals surface area contributed by atoms with E-state index in [4.69, 9.17) is 4.74 Å². The monoisotopic (exact) mass is 319 g/mol. The van der Waals surface area contributed by atoms with Gasteiger partial charge in [-0.05, 0) is 35.2 Å². The number of ether oxygens (including phenoxy) is 1. The van der Waals surface area contributed by atoms with Crippen LogP contribution in [0.2, 0.25) is 0 Å². The molecule has 2 aromatic carbocycles. The van der Waals surface area contributed by atoms with Gasteiger partial charge in [0.05, 0.1) is 0 Å². The van der Waals surface area contributed by atoms with Gasteiger partial charge in [-0.1, -0.05) is 39.0 Å². The quantitative estimate of drug-likeness (QED) is 0.913. The number of hydrogen-bond acceptors (Lipinski definition) is 2. The number of nitrogens with one attached hydrogen (secondary N) is 1. The lowest BCUT2D eigenvalue weighted by Crippen LogP contribution is -2.21. The molecule has 0 aliphatic heterocycles. The molecule has 5 heteroatoms. The lowest BCUT2D eigenvalue weighted by Gasteiger charge is -2.19. The molecular weight excluding hydrogens is 300 g/mol. The average molecular weight is 319 g/mol. The zero-order valence-electron chi connectivity index (χ0n) is 13.3. The SMILES string of the molecule is CC(C)(C)c1cccc(OCC(=O)Nc2c(F)cccc2F)c1. The van der Waals surface area contributed by atoms with Crippen molar-refractivity contribution in [3.63, 3.8) is 0 Å². The number of carbonyl (C=O) groups excluding carboxylic acids is 1. The molecule has 1 amide bonds. The van der Waals surface area contributed by atoms with Crippen LogP contribution >= 0.6 is 0 Å². The molecule has 0 spiro atoms. The van der Waals surface area contributed by atoms with Gasteiger partial charge in [0.25, 0.3) is 5.91 Å². The van der Waals surface area contributed by atoms with Crippen molar-refractivity contribution in [3.8, 4) is 5.75 Å². The molecule has 0 heterocycles. The summed E-state index contributed by atoms with van der Waals surface area (Å²) in [6.07, 6.45) is 0. The number of halogens is 2. The molecular formula is C18H19F2NO2. The molecule has 3 nitrogen and oxygen atoms in total. The van der Waals surface area contributed by atoms with Gasteiger partial charge < -0.3 is 10.1 Å². The topological polar surface area (TPSA) is 38.3 Å². The summed E-state index contributed by atoms with van der Waals surface area (Å²) in [5, 5.41) is 2.18. The van der Waals surface area contributed by atoms with Crippen LogP contribution in [0.25, 0.3) is 0 Å². The van der Waals surface area contributed by atoms with Gasteiger partial charge in [0.15, 0.2) is 6.61 Å². The van der Waals surface area contributed by atoms with Gasteiger partial charge in [-0.2, -0.15) is 0 Å². The van der Waals surface area contributed by atoms with E-state index in [2.05, 4.69) is 26.1 Å². The maximum Gasteiger partial charge on any atom is 0.262 e. The molecule has 0 atom stereocenters. The van der Waals surface area contributed by atoms with Gasteiger partial charge in [0, 0.05) is 0 Å². The lowest BCUT2D eigenvalue weighted by atomic mass is 9.87. The second kappa shape index (κ2) is 6.77. The van der Waals surface area contributed by atoms with E-state index in [1.165, 1.54) is 6.07 Å². The van der Waals surface area contributed by atoms with E-state index < -0.39 is 23.2 Å². The number of rotatable bonds is 4. The van der Waals surface area contributed by atoms with Gasteiger partial charge in [0.2, 0.25) is 0 Å². The Kier molecular flexibility index (Phi) is 4.98. The Morgan fingerprint density at radius 1 is 1.09 bits per heavy atom. The van der Waals surface area contributed by atoms with Crippen molar-refractivity contribution in [2.75, 3.05) is 11.9 Å². The molecule has 23 heavy (non-hydrogen) atoms. The third kappa shape index (κ3) is 4.52. The molecule has 2 rings (SSSR count). The molecule has 0 fully saturated rings. The fourth-order valence-electron chi connectivity index (χ4n) is 1.99. The molecule has 1 N–H and O–H groups in total. The Hall–Kier alpha value is -2.43. The molecule has 0 radical (unpaired) electrons. The number of anilines is 1. The van der Waals surface area contributed by atoms with E-state index in [0.717, 1.165) is 17.7 Å². The molecule has 0 aromatic heterocycles. The minimum Gasteiger partial charge on any atom is -0.484 e. The van der Waals surface area contributed by atoms with Crippen LogP contribution in [-0.2, 0) is 10.2 Å². The third-order valence-electron chi connectivity index (χ3n) is 3.30. The fraction of sp³-hybridized carbons (Fsp3) is 0.278. The Balaban J connectivity index is 2.00. The highest BCUT2D eigenvalue weighted by Gasteiger charge is 2.15. The zero-order chi connectivity index (χ0) is 17.0. The first-order chi connectivity index (χ1) is 10.8. The van der Waals surface area contributed by atoms with E-state index in [-0.39, 0.29) is 12.0 Å². The van der Waals surface area contributed by atoms with E-state index in [1.54, 1.807) is 6.07 Å². The van der Waals surface area contributed by atoms with E-state index in [1.807, 2.05) is 18.2 Å². The molecule has 122 valence electrons. The minimum absolute atomic E-state index is 0.0437. The van der Waals surface area contributed by atoms with Crippen LogP contribution in [0.1, 0.15) is 26.3 Å². The Morgan fingerprint density at radius 2 is 1.70 bits per heavy atom. The van der Waals surface area contributed by atoms with Crippen LogP contribution in [0, 0.1) is 11.6 Å². The van der Waals surface area contributed by atoms with E-state index in [0.29, 0.717) is 5.75 Å². The number of carbonyl (C=O) groups is 1. The zero-order valence-corrected chi connectivity index (χ0v) is 13.3. The highest BCUT2D eigenvalue weighted by atomic mass is 19.1. The first-order valence-electron chi connectivity index (χ1n) is 7.24. The summed E-state index contributed by atoms with van der Waals surface area (Å²) in [6.45, 7) is 5.88. The van der Waals surface area contributed by atoms with Gasteiger partial charge in [-0.3, -0.25) is 4.79 Å². The Morgan fingerprint density at radius 3 is 2.30 bits per heavy atom. The van der Waals surface area contributed by atoms with Crippen molar-refractivity contribution in [3.05, 3.63) is 59.7 Å². The summed E-state index contributed by atoms with van der Waals surface area (Å²) in [5.74, 6) is -1.75. The van der Waals surface area contributed by atoms with Crippen molar-refractivity contribution in [1.29, 1.82) is 0 Å². The number of hydrogen-bond donors (Lipinski definition) is 1. The molecule has 0 aliphatic carbocycles. The summed E-state index contributed by atoms with van der Waals surface area (Å²) >= 11 is 0. The predicted molar refractivity (Wildman–Crippen MR) is 85.6 cm³/mol. The minimum atomic E-state index is -0.826. The van der Waals surface area contributed by atoms with Gasteiger partial charge >= 0.3 is 0 Å². The molecule has 0 unspecified atom stereocenters. The van der Waals surface area contributed by atoms with Crippen LogP contribution in [0.3, 0.4) is 0 Å². The van der Waals surface area contributed by atoms with Crippen LogP contribution in [-0.4, -0.2) is 12.5 Å². The molecule has 0 saturated heterocycles. The van der Waals surface area contributed by atoms with Crippen LogP contribution in [0.5, 0.6) is 5.75 Å². The second-order valence-electron chi connectivity index (χ2n) is 6.21. The second-order valence-corrected chi connectivity index (χ2v) is 6.21. The largest absolute Gasteiger partial charge is 0.484 e. The molecule has 0 saturated carbocycles. The van der Waals surface area contributed by atoms with Crippen LogP contribution < -0.4 is 10.1 Å². The highest BCUT2D eigenvalue weighted by molar-refractivity contribution is 5.92. The molecule has 0 bridgehead atoms. The van der Waals surface area contributed by atoms with Crippen molar-refractivity contribution >= 4 is 11.6 Å². The maximum atomic E-state index is 13.5. The smallest absolute Gasteiger partial charge is 0.262 e. The normalized spacial score (nSPS) is 11.2. The van der Waals surface area contributed by atoms with Gasteiger partial charge in [-0.15, -0.1) is 0 Å². The first kappa shape index (κ1) is 16.9. The summed E-state index contributed by atoms with van der Waals surface area (Å²) in [6, 6.07) is 10.8.